The fraction of sp³-hybridized carbons (Fsp3) is 0.250. The van der Waals surface area contributed by atoms with Crippen LogP contribution in [0.15, 0.2) is 54.6 Å². The lowest BCUT2D eigenvalue weighted by Gasteiger charge is -2.16. The molecule has 94 valence electrons. The van der Waals surface area contributed by atoms with Crippen molar-refractivity contribution in [3.05, 3.63) is 71.3 Å². The molecule has 2 aromatic carbocycles. The van der Waals surface area contributed by atoms with Crippen LogP contribution < -0.4 is 11.3 Å². The number of nitrogens with one attached hydrogen (secondary N) is 1. The average Bonchev–Trinajstić information content (AvgIpc) is 2.42. The lowest BCUT2D eigenvalue weighted by Crippen LogP contribution is -2.28. The number of hydrazine groups is 1. The van der Waals surface area contributed by atoms with Gasteiger partial charge >= 0.3 is 0 Å². The highest BCUT2D eigenvalue weighted by molar-refractivity contribution is 5.26. The molecule has 0 heterocycles. The van der Waals surface area contributed by atoms with Crippen molar-refractivity contribution < 1.29 is 0 Å². The highest BCUT2D eigenvalue weighted by Crippen LogP contribution is 2.19. The van der Waals surface area contributed by atoms with Gasteiger partial charge in [0.2, 0.25) is 0 Å². The first-order chi connectivity index (χ1) is 8.81. The first kappa shape index (κ1) is 12.8. The lowest BCUT2D eigenvalue weighted by atomic mass is 9.97. The van der Waals surface area contributed by atoms with Gasteiger partial charge in [0.25, 0.3) is 0 Å². The summed E-state index contributed by atoms with van der Waals surface area (Å²) >= 11 is 0. The Kier molecular flexibility index (Phi) is 4.51. The third-order valence-electron chi connectivity index (χ3n) is 3.37. The van der Waals surface area contributed by atoms with Crippen molar-refractivity contribution in [3.8, 4) is 0 Å². The fourth-order valence-corrected chi connectivity index (χ4v) is 2.22. The van der Waals surface area contributed by atoms with E-state index >= 15 is 0 Å². The Labute approximate surface area is 109 Å². The highest BCUT2D eigenvalue weighted by atomic mass is 15.2. The van der Waals surface area contributed by atoms with Gasteiger partial charge in [0.05, 0.1) is 0 Å². The molecular weight excluding hydrogens is 220 g/mol. The van der Waals surface area contributed by atoms with Gasteiger partial charge < -0.3 is 0 Å². The molecule has 2 rings (SSSR count). The van der Waals surface area contributed by atoms with E-state index < -0.39 is 0 Å². The van der Waals surface area contributed by atoms with Crippen LogP contribution in [0.3, 0.4) is 0 Å². The standard InChI is InChI=1S/C16H20N2/c1-13-7-5-6-8-14(13)11-12-16(18-17)15-9-3-2-4-10-15/h2-10,16,18H,11-12,17H2,1H3. The molecule has 2 aromatic rings. The van der Waals surface area contributed by atoms with Gasteiger partial charge in [-0.25, -0.2) is 0 Å². The lowest BCUT2D eigenvalue weighted by molar-refractivity contribution is 0.516. The molecule has 0 fully saturated rings. The second-order valence-corrected chi connectivity index (χ2v) is 4.60. The molecule has 18 heavy (non-hydrogen) atoms. The third-order valence-corrected chi connectivity index (χ3v) is 3.37. The van der Waals surface area contributed by atoms with E-state index in [1.165, 1.54) is 16.7 Å². The normalized spacial score (nSPS) is 12.3. The van der Waals surface area contributed by atoms with Crippen LogP contribution in [0.5, 0.6) is 0 Å². The molecule has 0 saturated carbocycles. The molecule has 3 N–H and O–H groups in total. The third kappa shape index (κ3) is 3.19. The summed E-state index contributed by atoms with van der Waals surface area (Å²) in [6, 6.07) is 19.1. The number of nitrogens with two attached hydrogens (primary N) is 1. The minimum absolute atomic E-state index is 0.214. The van der Waals surface area contributed by atoms with Crippen molar-refractivity contribution in [2.45, 2.75) is 25.8 Å². The molecular formula is C16H20N2. The van der Waals surface area contributed by atoms with Crippen LogP contribution in [0.1, 0.15) is 29.2 Å². The molecule has 0 radical (unpaired) electrons. The Morgan fingerprint density at radius 3 is 2.33 bits per heavy atom. The minimum Gasteiger partial charge on any atom is -0.271 e. The number of benzene rings is 2. The van der Waals surface area contributed by atoms with Gasteiger partial charge in [0, 0.05) is 6.04 Å². The Morgan fingerprint density at radius 1 is 1.00 bits per heavy atom. The molecule has 2 heteroatoms. The molecule has 2 nitrogen and oxygen atoms in total. The predicted molar refractivity (Wildman–Crippen MR) is 76.0 cm³/mol. The maximum absolute atomic E-state index is 5.66. The predicted octanol–water partition coefficient (Wildman–Crippen LogP) is 3.13. The molecule has 1 atom stereocenters. The van der Waals surface area contributed by atoms with E-state index in [0.29, 0.717) is 0 Å². The summed E-state index contributed by atoms with van der Waals surface area (Å²) in [5.41, 5.74) is 6.90. The topological polar surface area (TPSA) is 38.0 Å². The summed E-state index contributed by atoms with van der Waals surface area (Å²) in [5.74, 6) is 5.66. The van der Waals surface area contributed by atoms with E-state index in [4.69, 9.17) is 5.84 Å². The fourth-order valence-electron chi connectivity index (χ4n) is 2.22. The number of rotatable bonds is 5. The second kappa shape index (κ2) is 6.34. The monoisotopic (exact) mass is 240 g/mol. The Hall–Kier alpha value is -1.64. The van der Waals surface area contributed by atoms with E-state index in [2.05, 4.69) is 48.7 Å². The van der Waals surface area contributed by atoms with Crippen molar-refractivity contribution in [3.63, 3.8) is 0 Å². The van der Waals surface area contributed by atoms with Gasteiger partial charge in [-0.2, -0.15) is 0 Å². The van der Waals surface area contributed by atoms with Crippen LogP contribution in [0.4, 0.5) is 0 Å². The summed E-state index contributed by atoms with van der Waals surface area (Å²) in [6.07, 6.45) is 2.04. The van der Waals surface area contributed by atoms with Gasteiger partial charge in [-0.15, -0.1) is 0 Å². The van der Waals surface area contributed by atoms with Crippen molar-refractivity contribution in [2.75, 3.05) is 0 Å². The molecule has 0 aliphatic carbocycles. The largest absolute Gasteiger partial charge is 0.271 e. The summed E-state index contributed by atoms with van der Waals surface area (Å²) in [7, 11) is 0. The van der Waals surface area contributed by atoms with Crippen molar-refractivity contribution in [1.29, 1.82) is 0 Å². The van der Waals surface area contributed by atoms with Crippen molar-refractivity contribution >= 4 is 0 Å². The van der Waals surface area contributed by atoms with E-state index in [1.54, 1.807) is 0 Å². The van der Waals surface area contributed by atoms with Gasteiger partial charge in [-0.3, -0.25) is 11.3 Å². The van der Waals surface area contributed by atoms with Crippen molar-refractivity contribution in [1.82, 2.24) is 5.43 Å². The van der Waals surface area contributed by atoms with Crippen LogP contribution >= 0.6 is 0 Å². The highest BCUT2D eigenvalue weighted by Gasteiger charge is 2.09. The number of aryl methyl sites for hydroxylation is 2. The maximum Gasteiger partial charge on any atom is 0.0463 e. The molecule has 0 spiro atoms. The van der Waals surface area contributed by atoms with Crippen LogP contribution in [-0.2, 0) is 6.42 Å². The quantitative estimate of drug-likeness (QED) is 0.622. The summed E-state index contributed by atoms with van der Waals surface area (Å²) in [5, 5.41) is 0. The van der Waals surface area contributed by atoms with Gasteiger partial charge in [-0.1, -0.05) is 54.6 Å². The average molecular weight is 240 g/mol. The van der Waals surface area contributed by atoms with E-state index in [0.717, 1.165) is 12.8 Å². The van der Waals surface area contributed by atoms with Gasteiger partial charge in [0.15, 0.2) is 0 Å². The SMILES string of the molecule is Cc1ccccc1CCC(NN)c1ccccc1. The zero-order valence-electron chi connectivity index (χ0n) is 10.8. The molecule has 0 aliphatic rings. The summed E-state index contributed by atoms with van der Waals surface area (Å²) < 4.78 is 0. The Balaban J connectivity index is 2.02. The van der Waals surface area contributed by atoms with Crippen LogP contribution in [0.25, 0.3) is 0 Å². The zero-order chi connectivity index (χ0) is 12.8. The molecule has 0 amide bonds. The molecule has 0 aromatic heterocycles. The van der Waals surface area contributed by atoms with Crippen molar-refractivity contribution in [2.24, 2.45) is 5.84 Å². The van der Waals surface area contributed by atoms with E-state index in [1.807, 2.05) is 18.2 Å². The summed E-state index contributed by atoms with van der Waals surface area (Å²) in [6.45, 7) is 2.16. The smallest absolute Gasteiger partial charge is 0.0463 e. The van der Waals surface area contributed by atoms with Crippen LogP contribution in [-0.4, -0.2) is 0 Å². The molecule has 0 aliphatic heterocycles. The second-order valence-electron chi connectivity index (χ2n) is 4.60. The Bertz CT molecular complexity index is 479. The molecule has 0 bridgehead atoms. The number of hydrogen-bond donors (Lipinski definition) is 2. The molecule has 1 unspecified atom stereocenters. The first-order valence-corrected chi connectivity index (χ1v) is 6.37. The van der Waals surface area contributed by atoms with E-state index in [9.17, 15) is 0 Å². The first-order valence-electron chi connectivity index (χ1n) is 6.37. The van der Waals surface area contributed by atoms with Gasteiger partial charge in [-0.05, 0) is 36.5 Å². The van der Waals surface area contributed by atoms with Crippen LogP contribution in [0, 0.1) is 6.92 Å². The van der Waals surface area contributed by atoms with Gasteiger partial charge in [0.1, 0.15) is 0 Å². The Morgan fingerprint density at radius 2 is 1.67 bits per heavy atom. The summed E-state index contributed by atoms with van der Waals surface area (Å²) in [4.78, 5) is 0. The van der Waals surface area contributed by atoms with Crippen LogP contribution in [0.2, 0.25) is 0 Å². The zero-order valence-corrected chi connectivity index (χ0v) is 10.8. The van der Waals surface area contributed by atoms with E-state index in [-0.39, 0.29) is 6.04 Å². The maximum atomic E-state index is 5.66. The number of hydrogen-bond acceptors (Lipinski definition) is 2. The molecule has 0 saturated heterocycles. The minimum atomic E-state index is 0.214.